The summed E-state index contributed by atoms with van der Waals surface area (Å²) in [5.41, 5.74) is 0. The first-order chi connectivity index (χ1) is 3.39. The lowest BCUT2D eigenvalue weighted by Crippen LogP contribution is -1.56. The van der Waals surface area contributed by atoms with E-state index in [0.717, 1.165) is 0 Å². The minimum Gasteiger partial charge on any atom is -0.508 e. The van der Waals surface area contributed by atoms with Crippen LogP contribution in [-0.4, -0.2) is 5.11 Å². The first kappa shape index (κ1) is 4.19. The zero-order chi connectivity index (χ0) is 5.11. The summed E-state index contributed by atoms with van der Waals surface area (Å²) in [6.45, 7) is 0. The van der Waals surface area contributed by atoms with Crippen LogP contribution < -0.4 is 0 Å². The number of rotatable bonds is 0. The Morgan fingerprint density at radius 3 is 1.86 bits per heavy atom. The van der Waals surface area contributed by atoms with Crippen molar-refractivity contribution in [2.24, 2.45) is 0 Å². The molecule has 0 saturated carbocycles. The standard InChI is InChI=1S/C6H6O/c7-6-4-2-1-3-5-6/h1-5,7H/i6+2. The van der Waals surface area contributed by atoms with Crippen LogP contribution in [0.5, 0.6) is 5.75 Å². The monoisotopic (exact) mass is 96.0 g/mol. The number of benzene rings is 1. The molecular formula is C6H6O. The second kappa shape index (κ2) is 1.65. The van der Waals surface area contributed by atoms with Crippen molar-refractivity contribution in [3.8, 4) is 5.75 Å². The molecule has 0 aliphatic heterocycles. The summed E-state index contributed by atoms with van der Waals surface area (Å²) in [6, 6.07) is 8.71. The Balaban J connectivity index is 3.02. The molecular weight excluding hydrogens is 90.1 g/mol. The maximum Gasteiger partial charge on any atom is 0.115 e. The maximum atomic E-state index is 8.63. The molecule has 7 heavy (non-hydrogen) atoms. The Kier molecular flexibility index (Phi) is 0.984. The number of hydrogen-bond donors (Lipinski definition) is 1. The lowest BCUT2D eigenvalue weighted by molar-refractivity contribution is 0.475. The van der Waals surface area contributed by atoms with Crippen molar-refractivity contribution < 1.29 is 5.11 Å². The summed E-state index contributed by atoms with van der Waals surface area (Å²) in [4.78, 5) is 0. The summed E-state index contributed by atoms with van der Waals surface area (Å²) in [6.07, 6.45) is 0. The largest absolute Gasteiger partial charge is 0.508 e. The van der Waals surface area contributed by atoms with Crippen LogP contribution in [-0.2, 0) is 0 Å². The predicted octanol–water partition coefficient (Wildman–Crippen LogP) is 1.39. The first-order valence-corrected chi connectivity index (χ1v) is 2.13. The predicted molar refractivity (Wildman–Crippen MR) is 28.1 cm³/mol. The van der Waals surface area contributed by atoms with Crippen molar-refractivity contribution >= 4 is 0 Å². The quantitative estimate of drug-likeness (QED) is 0.517. The van der Waals surface area contributed by atoms with Gasteiger partial charge in [0.2, 0.25) is 0 Å². The van der Waals surface area contributed by atoms with Crippen molar-refractivity contribution in [3.63, 3.8) is 0 Å². The maximum absolute atomic E-state index is 8.63. The van der Waals surface area contributed by atoms with Crippen molar-refractivity contribution in [3.05, 3.63) is 30.3 Å². The molecule has 1 aromatic rings. The second-order valence-electron chi connectivity index (χ2n) is 1.34. The van der Waals surface area contributed by atoms with E-state index in [1.54, 1.807) is 24.3 Å². The molecule has 1 heteroatoms. The minimum absolute atomic E-state index is 0.322. The van der Waals surface area contributed by atoms with Gasteiger partial charge in [-0.2, -0.15) is 0 Å². The van der Waals surface area contributed by atoms with Crippen LogP contribution in [0.25, 0.3) is 0 Å². The number of phenols is 1. The third-order valence-corrected chi connectivity index (χ3v) is 0.756. The van der Waals surface area contributed by atoms with E-state index in [1.807, 2.05) is 6.07 Å². The molecule has 1 rings (SSSR count). The highest BCUT2D eigenvalue weighted by Gasteiger charge is 1.74. The van der Waals surface area contributed by atoms with Crippen LogP contribution in [0, 0.1) is 0 Å². The van der Waals surface area contributed by atoms with Gasteiger partial charge in [0, 0.05) is 0 Å². The van der Waals surface area contributed by atoms with E-state index in [4.69, 9.17) is 5.11 Å². The fourth-order valence-electron chi connectivity index (χ4n) is 0.428. The fraction of sp³-hybridized carbons (Fsp3) is 0. The summed E-state index contributed by atoms with van der Waals surface area (Å²) in [5, 5.41) is 8.63. The van der Waals surface area contributed by atoms with Gasteiger partial charge < -0.3 is 5.11 Å². The summed E-state index contributed by atoms with van der Waals surface area (Å²) >= 11 is 0. The van der Waals surface area contributed by atoms with Crippen LogP contribution in [0.15, 0.2) is 30.3 Å². The molecule has 0 aromatic heterocycles. The van der Waals surface area contributed by atoms with Gasteiger partial charge in [0.25, 0.3) is 0 Å². The van der Waals surface area contributed by atoms with Gasteiger partial charge in [-0.15, -0.1) is 0 Å². The van der Waals surface area contributed by atoms with Crippen LogP contribution in [0.4, 0.5) is 0 Å². The van der Waals surface area contributed by atoms with Crippen LogP contribution in [0.2, 0.25) is 0 Å². The lowest BCUT2D eigenvalue weighted by atomic mass is 10.5. The molecule has 0 unspecified atom stereocenters. The molecule has 1 aromatic carbocycles. The SMILES string of the molecule is O[14c]1ccccc1. The van der Waals surface area contributed by atoms with Crippen LogP contribution >= 0.6 is 0 Å². The highest BCUT2D eigenvalue weighted by Crippen LogP contribution is 2.02. The smallest absolute Gasteiger partial charge is 0.115 e. The Morgan fingerprint density at radius 2 is 1.57 bits per heavy atom. The van der Waals surface area contributed by atoms with Gasteiger partial charge in [-0.05, 0) is 12.1 Å². The lowest BCUT2D eigenvalue weighted by Gasteiger charge is -1.82. The average Bonchev–Trinajstić information content (AvgIpc) is 1.69. The van der Waals surface area contributed by atoms with E-state index >= 15 is 0 Å². The molecule has 0 amide bonds. The first-order valence-electron chi connectivity index (χ1n) is 2.13. The Morgan fingerprint density at radius 1 is 1.00 bits per heavy atom. The van der Waals surface area contributed by atoms with Crippen molar-refractivity contribution in [1.82, 2.24) is 0 Å². The Labute approximate surface area is 42.2 Å². The van der Waals surface area contributed by atoms with Gasteiger partial charge in [-0.3, -0.25) is 0 Å². The summed E-state index contributed by atoms with van der Waals surface area (Å²) < 4.78 is 0. The van der Waals surface area contributed by atoms with Crippen molar-refractivity contribution in [1.29, 1.82) is 0 Å². The van der Waals surface area contributed by atoms with E-state index in [-0.39, 0.29) is 0 Å². The molecule has 0 aliphatic carbocycles. The normalized spacial score (nSPS) is 8.57. The molecule has 0 saturated heterocycles. The fourth-order valence-corrected chi connectivity index (χ4v) is 0.428. The molecule has 1 nitrogen and oxygen atoms in total. The summed E-state index contributed by atoms with van der Waals surface area (Å²) in [5.74, 6) is 0.322. The molecule has 0 radical (unpaired) electrons. The summed E-state index contributed by atoms with van der Waals surface area (Å²) in [7, 11) is 0. The van der Waals surface area contributed by atoms with E-state index in [0.29, 0.717) is 5.75 Å². The average molecular weight is 96.1 g/mol. The molecule has 0 bridgehead atoms. The Bertz CT molecular complexity index is 134. The number of hydrogen-bond acceptors (Lipinski definition) is 1. The molecule has 0 heterocycles. The van der Waals surface area contributed by atoms with Crippen molar-refractivity contribution in [2.45, 2.75) is 0 Å². The Hall–Kier alpha value is -0.980. The zero-order valence-electron chi connectivity index (χ0n) is 3.83. The molecule has 0 fully saturated rings. The molecule has 0 aliphatic rings. The third kappa shape index (κ3) is 0.929. The van der Waals surface area contributed by atoms with Crippen LogP contribution in [0.3, 0.4) is 0 Å². The highest BCUT2D eigenvalue weighted by molar-refractivity contribution is 5.18. The van der Waals surface area contributed by atoms with E-state index in [9.17, 15) is 0 Å². The van der Waals surface area contributed by atoms with E-state index < -0.39 is 0 Å². The van der Waals surface area contributed by atoms with Gasteiger partial charge >= 0.3 is 0 Å². The van der Waals surface area contributed by atoms with Gasteiger partial charge in [-0.1, -0.05) is 18.2 Å². The van der Waals surface area contributed by atoms with Gasteiger partial charge in [-0.25, -0.2) is 0 Å². The zero-order valence-corrected chi connectivity index (χ0v) is 3.83. The minimum atomic E-state index is 0.322. The van der Waals surface area contributed by atoms with E-state index in [2.05, 4.69) is 0 Å². The van der Waals surface area contributed by atoms with Gasteiger partial charge in [0.1, 0.15) is 5.75 Å². The van der Waals surface area contributed by atoms with Crippen molar-refractivity contribution in [2.75, 3.05) is 0 Å². The third-order valence-electron chi connectivity index (χ3n) is 0.756. The van der Waals surface area contributed by atoms with Gasteiger partial charge in [0.05, 0.1) is 0 Å². The topological polar surface area (TPSA) is 20.2 Å². The van der Waals surface area contributed by atoms with Gasteiger partial charge in [0.15, 0.2) is 0 Å². The second-order valence-corrected chi connectivity index (χ2v) is 1.34. The van der Waals surface area contributed by atoms with E-state index in [1.165, 1.54) is 0 Å². The molecule has 0 atom stereocenters. The van der Waals surface area contributed by atoms with Crippen LogP contribution in [0.1, 0.15) is 0 Å². The molecule has 36 valence electrons. The molecule has 0 spiro atoms. The highest BCUT2D eigenvalue weighted by atomic mass is 16.5. The molecule has 1 N–H and O–H groups in total. The number of aromatic hydroxyl groups is 1. The number of para-hydroxylation sites is 1. The number of phenolic OH excluding ortho intramolecular Hbond substituents is 1.